The molecule has 1 fully saturated rings. The first-order chi connectivity index (χ1) is 4.70. The molecule has 3 nitrogen and oxygen atoms in total. The summed E-state index contributed by atoms with van der Waals surface area (Å²) in [6, 6.07) is 0. The van der Waals surface area contributed by atoms with Gasteiger partial charge in [0.15, 0.2) is 0 Å². The van der Waals surface area contributed by atoms with E-state index in [0.29, 0.717) is 6.42 Å². The van der Waals surface area contributed by atoms with Crippen LogP contribution in [-0.4, -0.2) is 12.0 Å². The average Bonchev–Trinajstić information content (AvgIpc) is 1.88. The van der Waals surface area contributed by atoms with Crippen LogP contribution in [0.2, 0.25) is 0 Å². The van der Waals surface area contributed by atoms with Crippen molar-refractivity contribution in [2.45, 2.75) is 25.9 Å². The molecule has 1 unspecified atom stereocenters. The topological polar surface area (TPSA) is 42.3 Å². The van der Waals surface area contributed by atoms with Crippen LogP contribution in [0.4, 0.5) is 0 Å². The summed E-state index contributed by atoms with van der Waals surface area (Å²) in [6.45, 7) is 5.62. The minimum atomic E-state index is -0.0194. The minimum absolute atomic E-state index is 0.0194. The van der Waals surface area contributed by atoms with Crippen molar-refractivity contribution in [2.75, 3.05) is 0 Å². The Labute approximate surface area is 60.1 Å². The fourth-order valence-electron chi connectivity index (χ4n) is 0.797. The molecule has 10 heavy (non-hydrogen) atoms. The van der Waals surface area contributed by atoms with Gasteiger partial charge in [-0.25, -0.2) is 0 Å². The molecule has 0 radical (unpaired) electrons. The molecule has 1 saturated heterocycles. The third kappa shape index (κ3) is 1.57. The van der Waals surface area contributed by atoms with Crippen LogP contribution >= 0.6 is 0 Å². The van der Waals surface area contributed by atoms with E-state index < -0.39 is 0 Å². The maximum absolute atomic E-state index is 7.04. The molecule has 0 aromatic carbocycles. The molecule has 1 aliphatic rings. The zero-order chi connectivity index (χ0) is 7.56. The summed E-state index contributed by atoms with van der Waals surface area (Å²) in [5, 5.41) is 7.04. The Morgan fingerprint density at radius 1 is 1.80 bits per heavy atom. The van der Waals surface area contributed by atoms with E-state index in [2.05, 4.69) is 11.5 Å². The van der Waals surface area contributed by atoms with Crippen molar-refractivity contribution in [1.29, 1.82) is 5.41 Å². The fourth-order valence-corrected chi connectivity index (χ4v) is 0.797. The molecule has 0 bridgehead atoms. The lowest BCUT2D eigenvalue weighted by Crippen LogP contribution is -2.23. The molecule has 0 saturated carbocycles. The third-order valence-electron chi connectivity index (χ3n) is 1.45. The molecule has 0 spiro atoms. The molecule has 1 aliphatic heterocycles. The number of nitrogens with one attached hydrogen (secondary N) is 1. The smallest absolute Gasteiger partial charge is 0.225 e. The summed E-state index contributed by atoms with van der Waals surface area (Å²) < 4.78 is 0. The highest BCUT2D eigenvalue weighted by Gasteiger charge is 2.19. The summed E-state index contributed by atoms with van der Waals surface area (Å²) in [5.41, 5.74) is 0.951. The first-order valence-corrected chi connectivity index (χ1v) is 3.26. The largest absolute Gasteiger partial charge is 0.322 e. The second-order valence-corrected chi connectivity index (χ2v) is 2.48. The first-order valence-electron chi connectivity index (χ1n) is 3.26. The van der Waals surface area contributed by atoms with E-state index in [1.54, 1.807) is 0 Å². The molecule has 1 N–H and O–H groups in total. The van der Waals surface area contributed by atoms with Gasteiger partial charge in [0, 0.05) is 6.42 Å². The van der Waals surface area contributed by atoms with Gasteiger partial charge in [-0.05, 0) is 18.9 Å². The lowest BCUT2D eigenvalue weighted by molar-refractivity contribution is -0.264. The molecular weight excluding hydrogens is 130 g/mol. The normalized spacial score (nSPS) is 25.7. The van der Waals surface area contributed by atoms with Crippen LogP contribution in [0.3, 0.4) is 0 Å². The van der Waals surface area contributed by atoms with Gasteiger partial charge >= 0.3 is 0 Å². The van der Waals surface area contributed by atoms with Crippen LogP contribution in [-0.2, 0) is 9.78 Å². The summed E-state index contributed by atoms with van der Waals surface area (Å²) in [7, 11) is 0. The Kier molecular flexibility index (Phi) is 2.06. The third-order valence-corrected chi connectivity index (χ3v) is 1.45. The minimum Gasteiger partial charge on any atom is -0.322 e. The van der Waals surface area contributed by atoms with Crippen molar-refractivity contribution in [2.24, 2.45) is 0 Å². The van der Waals surface area contributed by atoms with E-state index >= 15 is 0 Å². The van der Waals surface area contributed by atoms with Gasteiger partial charge in [-0.3, -0.25) is 5.41 Å². The van der Waals surface area contributed by atoms with E-state index in [4.69, 9.17) is 10.3 Å². The number of rotatable bonds is 1. The van der Waals surface area contributed by atoms with Gasteiger partial charge in [0.25, 0.3) is 0 Å². The molecule has 1 rings (SSSR count). The quantitative estimate of drug-likeness (QED) is 0.445. The second kappa shape index (κ2) is 2.84. The van der Waals surface area contributed by atoms with E-state index in [1.165, 1.54) is 0 Å². The predicted octanol–water partition coefficient (Wildman–Crippen LogP) is 1.65. The van der Waals surface area contributed by atoms with Crippen LogP contribution < -0.4 is 0 Å². The summed E-state index contributed by atoms with van der Waals surface area (Å²) in [6.07, 6.45) is 1.44. The summed E-state index contributed by atoms with van der Waals surface area (Å²) in [4.78, 5) is 9.40. The standard InChI is InChI=1S/C7H11NO2/c1-5(2)6-3-4-7(8)10-9-6/h6,8H,1,3-4H2,2H3. The fraction of sp³-hybridized carbons (Fsp3) is 0.571. The van der Waals surface area contributed by atoms with Gasteiger partial charge in [-0.2, -0.15) is 4.89 Å². The van der Waals surface area contributed by atoms with Crippen LogP contribution in [0.15, 0.2) is 12.2 Å². The molecule has 3 heteroatoms. The van der Waals surface area contributed by atoms with Crippen molar-refractivity contribution < 1.29 is 9.78 Å². The monoisotopic (exact) mass is 141 g/mol. The van der Waals surface area contributed by atoms with Gasteiger partial charge in [0.05, 0.1) is 0 Å². The van der Waals surface area contributed by atoms with E-state index in [0.717, 1.165) is 12.0 Å². The Hall–Kier alpha value is -0.830. The highest BCUT2D eigenvalue weighted by molar-refractivity contribution is 5.72. The summed E-state index contributed by atoms with van der Waals surface area (Å²) >= 11 is 0. The van der Waals surface area contributed by atoms with Crippen molar-refractivity contribution >= 4 is 5.90 Å². The number of hydrogen-bond acceptors (Lipinski definition) is 3. The maximum atomic E-state index is 7.04. The van der Waals surface area contributed by atoms with E-state index in [1.807, 2.05) is 6.92 Å². The van der Waals surface area contributed by atoms with Gasteiger partial charge < -0.3 is 4.89 Å². The van der Waals surface area contributed by atoms with Crippen molar-refractivity contribution in [3.63, 3.8) is 0 Å². The lowest BCUT2D eigenvalue weighted by Gasteiger charge is -2.21. The van der Waals surface area contributed by atoms with Crippen LogP contribution in [0.5, 0.6) is 0 Å². The molecule has 0 aromatic rings. The van der Waals surface area contributed by atoms with Gasteiger partial charge in [-0.1, -0.05) is 6.58 Å². The van der Waals surface area contributed by atoms with E-state index in [9.17, 15) is 0 Å². The van der Waals surface area contributed by atoms with Gasteiger partial charge in [0.2, 0.25) is 5.90 Å². The molecule has 0 aromatic heterocycles. The molecule has 0 aliphatic carbocycles. The Morgan fingerprint density at radius 2 is 2.50 bits per heavy atom. The zero-order valence-corrected chi connectivity index (χ0v) is 6.02. The second-order valence-electron chi connectivity index (χ2n) is 2.48. The molecule has 1 heterocycles. The highest BCUT2D eigenvalue weighted by atomic mass is 17.2. The van der Waals surface area contributed by atoms with Gasteiger partial charge in [0.1, 0.15) is 6.10 Å². The van der Waals surface area contributed by atoms with Gasteiger partial charge in [-0.15, -0.1) is 0 Å². The lowest BCUT2D eigenvalue weighted by atomic mass is 10.1. The maximum Gasteiger partial charge on any atom is 0.225 e. The van der Waals surface area contributed by atoms with Crippen molar-refractivity contribution in [3.05, 3.63) is 12.2 Å². The summed E-state index contributed by atoms with van der Waals surface area (Å²) in [5.74, 6) is 0.206. The Morgan fingerprint density at radius 3 is 2.90 bits per heavy atom. The predicted molar refractivity (Wildman–Crippen MR) is 37.7 cm³/mol. The van der Waals surface area contributed by atoms with Crippen molar-refractivity contribution in [1.82, 2.24) is 0 Å². The Balaban J connectivity index is 2.40. The van der Waals surface area contributed by atoms with Crippen LogP contribution in [0.1, 0.15) is 19.8 Å². The molecule has 0 amide bonds. The SMILES string of the molecule is C=C(C)C1CCC(=N)OO1. The van der Waals surface area contributed by atoms with Crippen LogP contribution in [0.25, 0.3) is 0 Å². The van der Waals surface area contributed by atoms with E-state index in [-0.39, 0.29) is 12.0 Å². The first kappa shape index (κ1) is 7.28. The van der Waals surface area contributed by atoms with Crippen LogP contribution in [0, 0.1) is 5.41 Å². The number of hydrogen-bond donors (Lipinski definition) is 1. The molecular formula is C7H11NO2. The average molecular weight is 141 g/mol. The Bertz CT molecular complexity index is 155. The zero-order valence-electron chi connectivity index (χ0n) is 6.02. The van der Waals surface area contributed by atoms with Crippen molar-refractivity contribution in [3.8, 4) is 0 Å². The highest BCUT2D eigenvalue weighted by Crippen LogP contribution is 2.16. The molecule has 1 atom stereocenters. The molecule has 56 valence electrons.